The Bertz CT molecular complexity index is 1240. The Morgan fingerprint density at radius 2 is 1.38 bits per heavy atom. The first kappa shape index (κ1) is 24.2. The Balaban J connectivity index is 0.000000170. The fraction of sp³-hybridized carbons (Fsp3) is 0. The highest BCUT2D eigenvalue weighted by Gasteiger charge is 2.03. The molecule has 0 saturated carbocycles. The zero-order valence-corrected chi connectivity index (χ0v) is 19.4. The number of H-pyrrole nitrogens is 1. The molecule has 0 aliphatic heterocycles. The summed E-state index contributed by atoms with van der Waals surface area (Å²) in [5.74, 6) is 0. The van der Waals surface area contributed by atoms with Crippen LogP contribution in [0.2, 0.25) is 15.3 Å². The van der Waals surface area contributed by atoms with Crippen molar-refractivity contribution in [2.45, 2.75) is 0 Å². The number of fused-ring (bicyclic) bond motifs is 2. The summed E-state index contributed by atoms with van der Waals surface area (Å²) in [6, 6.07) is 10.8. The Hall–Kier alpha value is -1.11. The Morgan fingerprint density at radius 3 is 2.03 bits per heavy atom. The molecule has 1 N–H and O–H groups in total. The molecular weight excluding hydrogens is 524 g/mol. The highest BCUT2D eigenvalue weighted by molar-refractivity contribution is 8.24. The van der Waals surface area contributed by atoms with Gasteiger partial charge in [0.2, 0.25) is 5.28 Å². The number of hydrogen-bond donors (Lipinski definition) is 1. The molecule has 0 aliphatic carbocycles. The van der Waals surface area contributed by atoms with E-state index in [9.17, 15) is 9.36 Å². The summed E-state index contributed by atoms with van der Waals surface area (Å²) in [5, 5.41) is -0.160. The van der Waals surface area contributed by atoms with Crippen LogP contribution in [0.4, 0.5) is 0 Å². The van der Waals surface area contributed by atoms with E-state index in [1.54, 1.807) is 30.5 Å². The van der Waals surface area contributed by atoms with Gasteiger partial charge in [-0.3, -0.25) is 4.57 Å². The summed E-state index contributed by atoms with van der Waals surface area (Å²) >= 11 is 31.2. The highest BCUT2D eigenvalue weighted by atomic mass is 36.0. The number of hydrogen-bond acceptors (Lipinski definition) is 5. The van der Waals surface area contributed by atoms with E-state index in [0.29, 0.717) is 15.6 Å². The maximum Gasteiger partial charge on any atom is 0.345 e. The van der Waals surface area contributed by atoms with Gasteiger partial charge in [-0.2, -0.15) is 0 Å². The number of nitrogens with one attached hydrogen (secondary N) is 1. The Morgan fingerprint density at radius 1 is 0.828 bits per heavy atom. The average Bonchev–Trinajstić information content (AvgIpc) is 2.61. The standard InChI is InChI=1S/C8H4Cl2N2.C8H5ClN2O.Cl3OP/c9-6-2-1-3-7-5(6)4-11-8(10)12-7;9-6-2-1-3-7-5(6)4-10-8(12)11-7;1-5(2,3)4/h1-4H;1-4H,(H,10,11,12);. The molecule has 0 saturated heterocycles. The molecule has 0 aliphatic rings. The predicted octanol–water partition coefficient (Wildman–Crippen LogP) is 7.32. The number of aromatic nitrogens is 4. The van der Waals surface area contributed by atoms with Gasteiger partial charge in [-0.15, -0.1) is 0 Å². The van der Waals surface area contributed by atoms with Crippen molar-refractivity contribution in [3.05, 3.63) is 74.6 Å². The van der Waals surface area contributed by atoms with Gasteiger partial charge in [0.25, 0.3) is 0 Å². The van der Waals surface area contributed by atoms with E-state index >= 15 is 0 Å². The smallest absolute Gasteiger partial charge is 0.305 e. The maximum absolute atomic E-state index is 10.8. The molecule has 0 amide bonds. The molecule has 0 radical (unpaired) electrons. The fourth-order valence-electron chi connectivity index (χ4n) is 2.04. The first-order chi connectivity index (χ1) is 13.5. The summed E-state index contributed by atoms with van der Waals surface area (Å²) in [6.07, 6.45) is 3.09. The van der Waals surface area contributed by atoms with Crippen molar-refractivity contribution in [1.29, 1.82) is 0 Å². The van der Waals surface area contributed by atoms with Gasteiger partial charge in [0.05, 0.1) is 21.1 Å². The number of halogens is 6. The van der Waals surface area contributed by atoms with E-state index in [1.165, 1.54) is 6.20 Å². The van der Waals surface area contributed by atoms with Crippen LogP contribution in [-0.2, 0) is 4.57 Å². The second kappa shape index (κ2) is 10.8. The molecule has 29 heavy (non-hydrogen) atoms. The van der Waals surface area contributed by atoms with Crippen LogP contribution < -0.4 is 5.69 Å². The summed E-state index contributed by atoms with van der Waals surface area (Å²) in [6.45, 7) is 0. The molecule has 2 heterocycles. The van der Waals surface area contributed by atoms with Crippen molar-refractivity contribution in [3.63, 3.8) is 0 Å². The van der Waals surface area contributed by atoms with Crippen LogP contribution in [0.3, 0.4) is 0 Å². The van der Waals surface area contributed by atoms with Gasteiger partial charge in [-0.25, -0.2) is 19.7 Å². The lowest BCUT2D eigenvalue weighted by molar-refractivity contribution is 0.600. The maximum atomic E-state index is 10.8. The molecule has 152 valence electrons. The van der Waals surface area contributed by atoms with E-state index in [-0.39, 0.29) is 11.0 Å². The van der Waals surface area contributed by atoms with Crippen LogP contribution in [0.15, 0.2) is 53.6 Å². The molecule has 2 aromatic heterocycles. The van der Waals surface area contributed by atoms with Gasteiger partial charge >= 0.3 is 10.9 Å². The summed E-state index contributed by atoms with van der Waals surface area (Å²) in [4.78, 5) is 24.8. The van der Waals surface area contributed by atoms with Gasteiger partial charge in [0, 0.05) is 23.2 Å². The molecule has 13 heteroatoms. The van der Waals surface area contributed by atoms with Crippen LogP contribution in [-0.4, -0.2) is 19.9 Å². The van der Waals surface area contributed by atoms with E-state index in [1.807, 2.05) is 12.1 Å². The Labute approximate surface area is 193 Å². The number of rotatable bonds is 0. The van der Waals surface area contributed by atoms with Crippen LogP contribution in [0.25, 0.3) is 21.8 Å². The number of aromatic amines is 1. The molecule has 4 aromatic rings. The average molecular weight is 533 g/mol. The summed E-state index contributed by atoms with van der Waals surface area (Å²) in [5.41, 5.74) is 1.12. The Kier molecular flexibility index (Phi) is 8.98. The van der Waals surface area contributed by atoms with Crippen LogP contribution in [0.5, 0.6) is 0 Å². The third-order valence-corrected chi connectivity index (χ3v) is 3.99. The van der Waals surface area contributed by atoms with Crippen LogP contribution >= 0.6 is 73.7 Å². The first-order valence-electron chi connectivity index (χ1n) is 7.44. The fourth-order valence-corrected chi connectivity index (χ4v) is 2.63. The minimum absolute atomic E-state index is 0.241. The second-order valence-corrected chi connectivity index (χ2v) is 12.9. The molecule has 4 rings (SSSR count). The number of benzene rings is 2. The molecule has 2 aromatic carbocycles. The molecule has 0 bridgehead atoms. The van der Waals surface area contributed by atoms with Crippen molar-refractivity contribution >= 4 is 95.5 Å². The normalized spacial score (nSPS) is 10.7. The molecule has 6 nitrogen and oxygen atoms in total. The topological polar surface area (TPSA) is 88.6 Å². The molecule has 0 atom stereocenters. The van der Waals surface area contributed by atoms with Gasteiger partial charge in [0.1, 0.15) is 0 Å². The summed E-state index contributed by atoms with van der Waals surface area (Å²) < 4.78 is 9.51. The SMILES string of the molecule is Clc1ncc2c(Cl)cccc2n1.O=P(Cl)(Cl)Cl.O=c1ncc2c(Cl)cccc2[nH]1. The van der Waals surface area contributed by atoms with Gasteiger partial charge < -0.3 is 4.98 Å². The molecular formula is C16H9Cl6N4O2P. The van der Waals surface area contributed by atoms with Crippen LogP contribution in [0, 0.1) is 0 Å². The molecule has 0 fully saturated rings. The zero-order valence-electron chi connectivity index (χ0n) is 14.0. The van der Waals surface area contributed by atoms with E-state index in [2.05, 4.69) is 53.7 Å². The summed E-state index contributed by atoms with van der Waals surface area (Å²) in [7, 11) is 0. The monoisotopic (exact) mass is 530 g/mol. The lowest BCUT2D eigenvalue weighted by Gasteiger charge is -1.97. The highest BCUT2D eigenvalue weighted by Crippen LogP contribution is 2.61. The largest absolute Gasteiger partial charge is 0.345 e. The van der Waals surface area contributed by atoms with Crippen molar-refractivity contribution in [2.24, 2.45) is 0 Å². The van der Waals surface area contributed by atoms with Gasteiger partial charge in [-0.05, 0) is 69.6 Å². The van der Waals surface area contributed by atoms with Crippen molar-refractivity contribution < 1.29 is 4.57 Å². The minimum atomic E-state index is -3.22. The molecule has 0 spiro atoms. The van der Waals surface area contributed by atoms with Crippen molar-refractivity contribution in [2.75, 3.05) is 0 Å². The zero-order chi connectivity index (χ0) is 21.6. The molecule has 0 unspecified atom stereocenters. The lowest BCUT2D eigenvalue weighted by atomic mass is 10.2. The van der Waals surface area contributed by atoms with E-state index < -0.39 is 5.20 Å². The first-order valence-corrected chi connectivity index (χ1v) is 13.0. The lowest BCUT2D eigenvalue weighted by Crippen LogP contribution is -2.08. The second-order valence-electron chi connectivity index (χ2n) is 5.10. The van der Waals surface area contributed by atoms with E-state index in [0.717, 1.165) is 16.3 Å². The van der Waals surface area contributed by atoms with Gasteiger partial charge in [-0.1, -0.05) is 35.3 Å². The third-order valence-electron chi connectivity index (χ3n) is 3.15. The van der Waals surface area contributed by atoms with E-state index in [4.69, 9.17) is 34.8 Å². The quantitative estimate of drug-likeness (QED) is 0.189. The number of nitrogens with zero attached hydrogens (tertiary/aromatic N) is 3. The van der Waals surface area contributed by atoms with Crippen molar-refractivity contribution in [3.8, 4) is 0 Å². The predicted molar refractivity (Wildman–Crippen MR) is 122 cm³/mol. The van der Waals surface area contributed by atoms with Crippen LogP contribution in [0.1, 0.15) is 0 Å². The minimum Gasteiger partial charge on any atom is -0.305 e. The third kappa shape index (κ3) is 8.27. The van der Waals surface area contributed by atoms with Gasteiger partial charge in [0.15, 0.2) is 0 Å². The van der Waals surface area contributed by atoms with Crippen molar-refractivity contribution in [1.82, 2.24) is 19.9 Å².